The monoisotopic (exact) mass is 285 g/mol. The van der Waals surface area contributed by atoms with E-state index in [0.717, 1.165) is 16.7 Å². The average Bonchev–Trinajstić information content (AvgIpc) is 2.88. The first-order valence-electron chi connectivity index (χ1n) is 6.22. The molecule has 102 valence electrons. The summed E-state index contributed by atoms with van der Waals surface area (Å²) in [6.45, 7) is 2.56. The lowest BCUT2D eigenvalue weighted by Crippen LogP contribution is -2.24. The minimum absolute atomic E-state index is 0.268. The molecule has 0 saturated heterocycles. The van der Waals surface area contributed by atoms with E-state index in [1.165, 1.54) is 0 Å². The summed E-state index contributed by atoms with van der Waals surface area (Å²) in [7, 11) is 0. The molecule has 1 aromatic carbocycles. The molecule has 20 heavy (non-hydrogen) atoms. The summed E-state index contributed by atoms with van der Waals surface area (Å²) in [4.78, 5) is 11.4. The van der Waals surface area contributed by atoms with Gasteiger partial charge in [-0.15, -0.1) is 0 Å². The summed E-state index contributed by atoms with van der Waals surface area (Å²) in [6, 6.07) is 9.56. The maximum atomic E-state index is 11.4. The topological polar surface area (TPSA) is 38.3 Å². The molecule has 2 rings (SSSR count). The molecule has 0 unspecified atom stereocenters. The van der Waals surface area contributed by atoms with Crippen LogP contribution in [-0.4, -0.2) is 12.6 Å². The highest BCUT2D eigenvalue weighted by molar-refractivity contribution is 7.08. The van der Waals surface area contributed by atoms with Crippen molar-refractivity contribution in [2.24, 2.45) is 0 Å². The van der Waals surface area contributed by atoms with E-state index < -0.39 is 6.09 Å². The minimum Gasteiger partial charge on any atom is -0.445 e. The normalized spacial score (nSPS) is 9.45. The fourth-order valence-electron chi connectivity index (χ4n) is 1.52. The number of benzene rings is 1. The molecule has 0 bridgehead atoms. The van der Waals surface area contributed by atoms with E-state index in [2.05, 4.69) is 17.2 Å². The van der Waals surface area contributed by atoms with Gasteiger partial charge >= 0.3 is 6.09 Å². The van der Waals surface area contributed by atoms with Crippen molar-refractivity contribution in [3.8, 4) is 11.8 Å². The molecule has 3 nitrogen and oxygen atoms in total. The molecule has 0 aliphatic carbocycles. The van der Waals surface area contributed by atoms with Gasteiger partial charge in [-0.25, -0.2) is 4.79 Å². The Balaban J connectivity index is 1.71. The molecule has 1 N–H and O–H groups in total. The lowest BCUT2D eigenvalue weighted by atomic mass is 10.2. The van der Waals surface area contributed by atoms with E-state index in [-0.39, 0.29) is 13.2 Å². The second-order valence-corrected chi connectivity index (χ2v) is 4.93. The van der Waals surface area contributed by atoms with Crippen molar-refractivity contribution < 1.29 is 9.53 Å². The van der Waals surface area contributed by atoms with Gasteiger partial charge in [-0.2, -0.15) is 11.3 Å². The molecule has 1 amide bonds. The number of amides is 1. The van der Waals surface area contributed by atoms with E-state index >= 15 is 0 Å². The van der Waals surface area contributed by atoms with Gasteiger partial charge in [0.2, 0.25) is 0 Å². The van der Waals surface area contributed by atoms with Gasteiger partial charge in [0.05, 0.1) is 6.54 Å². The van der Waals surface area contributed by atoms with Gasteiger partial charge in [0.25, 0.3) is 0 Å². The van der Waals surface area contributed by atoms with Crippen molar-refractivity contribution in [1.82, 2.24) is 5.32 Å². The Labute approximate surface area is 122 Å². The van der Waals surface area contributed by atoms with E-state index in [9.17, 15) is 4.79 Å². The summed E-state index contributed by atoms with van der Waals surface area (Å²) in [5.41, 5.74) is 3.13. The third-order valence-electron chi connectivity index (χ3n) is 2.61. The van der Waals surface area contributed by atoms with Crippen LogP contribution in [0.5, 0.6) is 0 Å². The molecule has 0 fully saturated rings. The molecular formula is C16H15NO2S. The Hall–Kier alpha value is -2.25. The van der Waals surface area contributed by atoms with Crippen molar-refractivity contribution >= 4 is 17.4 Å². The van der Waals surface area contributed by atoms with Gasteiger partial charge in [-0.05, 0) is 23.4 Å². The van der Waals surface area contributed by atoms with Crippen molar-refractivity contribution in [2.75, 3.05) is 6.54 Å². The maximum Gasteiger partial charge on any atom is 0.408 e. The first-order valence-corrected chi connectivity index (χ1v) is 7.16. The predicted molar refractivity (Wildman–Crippen MR) is 80.6 cm³/mol. The van der Waals surface area contributed by atoms with Crippen LogP contribution < -0.4 is 5.32 Å². The van der Waals surface area contributed by atoms with Crippen LogP contribution in [0.1, 0.15) is 16.7 Å². The van der Waals surface area contributed by atoms with Crippen LogP contribution in [0.2, 0.25) is 0 Å². The summed E-state index contributed by atoms with van der Waals surface area (Å²) >= 11 is 1.62. The zero-order valence-corrected chi connectivity index (χ0v) is 12.0. The number of ether oxygens (including phenoxy) is 1. The van der Waals surface area contributed by atoms with Crippen LogP contribution in [0.3, 0.4) is 0 Å². The van der Waals surface area contributed by atoms with Gasteiger partial charge in [0.15, 0.2) is 0 Å². The summed E-state index contributed by atoms with van der Waals surface area (Å²) in [6.07, 6.45) is -0.454. The second-order valence-electron chi connectivity index (χ2n) is 4.19. The number of hydrogen-bond acceptors (Lipinski definition) is 3. The SMILES string of the molecule is Cc1cscc1C#CCNC(=O)OCc1ccccc1. The number of carbonyl (C=O) groups is 1. The van der Waals surface area contributed by atoms with Gasteiger partial charge in [0, 0.05) is 10.9 Å². The molecule has 0 spiro atoms. The average molecular weight is 285 g/mol. The van der Waals surface area contributed by atoms with Crippen LogP contribution in [-0.2, 0) is 11.3 Å². The molecule has 0 aliphatic heterocycles. The molecule has 4 heteroatoms. The third-order valence-corrected chi connectivity index (χ3v) is 3.47. The zero-order chi connectivity index (χ0) is 14.2. The molecule has 0 aliphatic rings. The molecule has 0 saturated carbocycles. The number of thiophene rings is 1. The third kappa shape index (κ3) is 4.45. The molecule has 1 heterocycles. The molecular weight excluding hydrogens is 270 g/mol. The smallest absolute Gasteiger partial charge is 0.408 e. The molecule has 2 aromatic rings. The van der Waals surface area contributed by atoms with E-state index in [4.69, 9.17) is 4.74 Å². The number of carbonyl (C=O) groups excluding carboxylic acids is 1. The van der Waals surface area contributed by atoms with Crippen LogP contribution in [0.25, 0.3) is 0 Å². The summed E-state index contributed by atoms with van der Waals surface area (Å²) in [5.74, 6) is 5.91. The van der Waals surface area contributed by atoms with Crippen molar-refractivity contribution in [2.45, 2.75) is 13.5 Å². The Morgan fingerprint density at radius 2 is 2.10 bits per heavy atom. The van der Waals surface area contributed by atoms with Crippen LogP contribution in [0, 0.1) is 18.8 Å². The summed E-state index contributed by atoms with van der Waals surface area (Å²) in [5, 5.41) is 6.65. The van der Waals surface area contributed by atoms with Crippen molar-refractivity contribution in [1.29, 1.82) is 0 Å². The molecule has 0 atom stereocenters. The second kappa shape index (κ2) is 7.37. The number of hydrogen-bond donors (Lipinski definition) is 1. The largest absolute Gasteiger partial charge is 0.445 e. The standard InChI is InChI=1S/C16H15NO2S/c1-13-11-20-12-15(13)8-5-9-17-16(18)19-10-14-6-3-2-4-7-14/h2-4,6-7,11-12H,9-10H2,1H3,(H,17,18). The van der Waals surface area contributed by atoms with Gasteiger partial charge < -0.3 is 10.1 Å². The van der Waals surface area contributed by atoms with E-state index in [1.807, 2.05) is 48.0 Å². The molecule has 1 aromatic heterocycles. The Kier molecular flexibility index (Phi) is 5.22. The quantitative estimate of drug-likeness (QED) is 0.878. The van der Waals surface area contributed by atoms with Gasteiger partial charge in [-0.3, -0.25) is 0 Å². The number of alkyl carbamates (subject to hydrolysis) is 1. The molecule has 0 radical (unpaired) electrons. The number of rotatable bonds is 3. The Bertz CT molecular complexity index is 623. The van der Waals surface area contributed by atoms with Crippen molar-refractivity contribution in [3.05, 3.63) is 57.8 Å². The Morgan fingerprint density at radius 3 is 2.80 bits per heavy atom. The highest BCUT2D eigenvalue weighted by Crippen LogP contribution is 2.11. The summed E-state index contributed by atoms with van der Waals surface area (Å²) < 4.78 is 5.07. The highest BCUT2D eigenvalue weighted by Gasteiger charge is 2.00. The zero-order valence-electron chi connectivity index (χ0n) is 11.2. The van der Waals surface area contributed by atoms with Gasteiger partial charge in [0.1, 0.15) is 6.61 Å². The van der Waals surface area contributed by atoms with E-state index in [1.54, 1.807) is 11.3 Å². The number of aryl methyl sites for hydroxylation is 1. The highest BCUT2D eigenvalue weighted by atomic mass is 32.1. The fraction of sp³-hybridized carbons (Fsp3) is 0.188. The predicted octanol–water partition coefficient (Wildman–Crippen LogP) is 3.33. The van der Waals surface area contributed by atoms with Crippen LogP contribution in [0.4, 0.5) is 4.79 Å². The lowest BCUT2D eigenvalue weighted by Gasteiger charge is -2.04. The first kappa shape index (κ1) is 14.2. The fourth-order valence-corrected chi connectivity index (χ4v) is 2.30. The lowest BCUT2D eigenvalue weighted by molar-refractivity contribution is 0.141. The van der Waals surface area contributed by atoms with Crippen LogP contribution >= 0.6 is 11.3 Å². The number of nitrogens with one attached hydrogen (secondary N) is 1. The Morgan fingerprint density at radius 1 is 1.30 bits per heavy atom. The van der Waals surface area contributed by atoms with Gasteiger partial charge in [-0.1, -0.05) is 42.2 Å². The maximum absolute atomic E-state index is 11.4. The first-order chi connectivity index (χ1) is 9.75. The van der Waals surface area contributed by atoms with E-state index in [0.29, 0.717) is 0 Å². The van der Waals surface area contributed by atoms with Crippen LogP contribution in [0.15, 0.2) is 41.1 Å². The van der Waals surface area contributed by atoms with Crippen molar-refractivity contribution in [3.63, 3.8) is 0 Å². The minimum atomic E-state index is -0.454.